The van der Waals surface area contributed by atoms with Gasteiger partial charge in [0.15, 0.2) is 0 Å². The van der Waals surface area contributed by atoms with Crippen LogP contribution in [0.2, 0.25) is 0 Å². The standard InChI is InChI=1S/C4H8ClNOS/c1-3(8)6-4(7)2-5/h3,8H,2H2,1H3,(H,6,7)/t3-/m0/s1. The summed E-state index contributed by atoms with van der Waals surface area (Å²) in [4.78, 5) is 10.3. The van der Waals surface area contributed by atoms with Gasteiger partial charge in [-0.1, -0.05) is 0 Å². The molecule has 1 atom stereocenters. The van der Waals surface area contributed by atoms with Gasteiger partial charge in [0.25, 0.3) is 0 Å². The zero-order valence-electron chi connectivity index (χ0n) is 4.52. The van der Waals surface area contributed by atoms with E-state index in [1.165, 1.54) is 0 Å². The Labute approximate surface area is 59.0 Å². The van der Waals surface area contributed by atoms with Crippen LogP contribution in [0.25, 0.3) is 0 Å². The molecule has 48 valence electrons. The summed E-state index contributed by atoms with van der Waals surface area (Å²) in [6.07, 6.45) is 0. The van der Waals surface area contributed by atoms with E-state index in [0.29, 0.717) is 0 Å². The number of amides is 1. The molecule has 0 heterocycles. The molecule has 1 N–H and O–H groups in total. The third-order valence-electron chi connectivity index (χ3n) is 0.491. The van der Waals surface area contributed by atoms with E-state index >= 15 is 0 Å². The normalized spacial score (nSPS) is 12.9. The lowest BCUT2D eigenvalue weighted by molar-refractivity contribution is -0.118. The lowest BCUT2D eigenvalue weighted by Gasteiger charge is -2.03. The molecular formula is C4H8ClNOS. The Morgan fingerprint density at radius 1 is 2.00 bits per heavy atom. The van der Waals surface area contributed by atoms with Gasteiger partial charge in [0.2, 0.25) is 5.91 Å². The third kappa shape index (κ3) is 4.27. The van der Waals surface area contributed by atoms with Crippen LogP contribution in [0.5, 0.6) is 0 Å². The Morgan fingerprint density at radius 2 is 2.50 bits per heavy atom. The molecule has 0 radical (unpaired) electrons. The predicted octanol–water partition coefficient (Wildman–Crippen LogP) is 0.617. The third-order valence-corrected chi connectivity index (χ3v) is 0.863. The van der Waals surface area contributed by atoms with Crippen molar-refractivity contribution in [3.8, 4) is 0 Å². The highest BCUT2D eigenvalue weighted by Crippen LogP contribution is 1.85. The average molecular weight is 154 g/mol. The number of alkyl halides is 1. The fourth-order valence-electron chi connectivity index (χ4n) is 0.272. The second-order valence-electron chi connectivity index (χ2n) is 1.38. The van der Waals surface area contributed by atoms with Crippen molar-refractivity contribution >= 4 is 30.1 Å². The molecule has 0 bridgehead atoms. The largest absolute Gasteiger partial charge is 0.344 e. The SMILES string of the molecule is C[C@H](S)NC(=O)CCl. The van der Waals surface area contributed by atoms with Gasteiger partial charge in [0.05, 0.1) is 5.37 Å². The number of thiol groups is 1. The molecule has 0 aromatic rings. The molecule has 0 spiro atoms. The van der Waals surface area contributed by atoms with Gasteiger partial charge in [-0.05, 0) is 6.92 Å². The molecule has 0 fully saturated rings. The Kier molecular flexibility index (Phi) is 4.09. The summed E-state index contributed by atoms with van der Waals surface area (Å²) < 4.78 is 0. The molecule has 0 aromatic heterocycles. The van der Waals surface area contributed by atoms with Crippen molar-refractivity contribution < 1.29 is 4.79 Å². The second-order valence-corrected chi connectivity index (χ2v) is 2.42. The van der Waals surface area contributed by atoms with Crippen LogP contribution in [0, 0.1) is 0 Å². The Balaban J connectivity index is 3.25. The molecule has 0 saturated heterocycles. The molecule has 2 nitrogen and oxygen atoms in total. The van der Waals surface area contributed by atoms with E-state index in [1.54, 1.807) is 6.92 Å². The van der Waals surface area contributed by atoms with Gasteiger partial charge in [-0.15, -0.1) is 11.6 Å². The molecule has 8 heavy (non-hydrogen) atoms. The van der Waals surface area contributed by atoms with Crippen LogP contribution in [0.1, 0.15) is 6.92 Å². The smallest absolute Gasteiger partial charge is 0.235 e. The van der Waals surface area contributed by atoms with Gasteiger partial charge in [-0.3, -0.25) is 4.79 Å². The van der Waals surface area contributed by atoms with Gasteiger partial charge >= 0.3 is 0 Å². The fourth-order valence-corrected chi connectivity index (χ4v) is 0.493. The maximum atomic E-state index is 10.3. The predicted molar refractivity (Wildman–Crippen MR) is 37.3 cm³/mol. The van der Waals surface area contributed by atoms with Crippen LogP contribution < -0.4 is 5.32 Å². The Morgan fingerprint density at radius 3 is 2.62 bits per heavy atom. The van der Waals surface area contributed by atoms with Gasteiger partial charge in [0.1, 0.15) is 5.88 Å². The molecular weight excluding hydrogens is 146 g/mol. The van der Waals surface area contributed by atoms with E-state index in [-0.39, 0.29) is 17.2 Å². The van der Waals surface area contributed by atoms with E-state index in [9.17, 15) is 4.79 Å². The number of nitrogens with one attached hydrogen (secondary N) is 1. The highest BCUT2D eigenvalue weighted by atomic mass is 35.5. The Bertz CT molecular complexity index is 86.1. The monoisotopic (exact) mass is 153 g/mol. The topological polar surface area (TPSA) is 29.1 Å². The summed E-state index contributed by atoms with van der Waals surface area (Å²) in [5, 5.41) is 2.38. The maximum Gasteiger partial charge on any atom is 0.235 e. The zero-order chi connectivity index (χ0) is 6.57. The van der Waals surface area contributed by atoms with Crippen LogP contribution in [0.3, 0.4) is 0 Å². The maximum absolute atomic E-state index is 10.3. The van der Waals surface area contributed by atoms with Crippen LogP contribution in [-0.2, 0) is 4.79 Å². The average Bonchev–Trinajstić information content (AvgIpc) is 1.65. The summed E-state index contributed by atoms with van der Waals surface area (Å²) in [6.45, 7) is 1.76. The van der Waals surface area contributed by atoms with Crippen molar-refractivity contribution in [2.24, 2.45) is 0 Å². The first-order valence-electron chi connectivity index (χ1n) is 2.20. The van der Waals surface area contributed by atoms with E-state index in [2.05, 4.69) is 17.9 Å². The molecule has 4 heteroatoms. The minimum absolute atomic E-state index is 0.00486. The van der Waals surface area contributed by atoms with Gasteiger partial charge in [-0.25, -0.2) is 0 Å². The van der Waals surface area contributed by atoms with Gasteiger partial charge in [-0.2, -0.15) is 12.6 Å². The molecule has 0 aliphatic heterocycles. The summed E-state index contributed by atoms with van der Waals surface area (Å²) in [6, 6.07) is 0. The molecule has 0 aliphatic carbocycles. The first-order valence-corrected chi connectivity index (χ1v) is 3.25. The number of hydrogen-bond acceptors (Lipinski definition) is 2. The van der Waals surface area contributed by atoms with E-state index in [4.69, 9.17) is 11.6 Å². The van der Waals surface area contributed by atoms with Crippen molar-refractivity contribution in [3.05, 3.63) is 0 Å². The minimum atomic E-state index is -0.186. The first-order chi connectivity index (χ1) is 3.66. The number of rotatable bonds is 2. The van der Waals surface area contributed by atoms with E-state index < -0.39 is 0 Å². The van der Waals surface area contributed by atoms with E-state index in [0.717, 1.165) is 0 Å². The summed E-state index contributed by atoms with van der Waals surface area (Å²) in [5.41, 5.74) is 0. The number of carbonyl (C=O) groups excluding carboxylic acids is 1. The van der Waals surface area contributed by atoms with Crippen molar-refractivity contribution in [1.29, 1.82) is 0 Å². The molecule has 0 unspecified atom stereocenters. The second kappa shape index (κ2) is 4.04. The summed E-state index contributed by atoms with van der Waals surface area (Å²) in [5.74, 6) is -0.181. The van der Waals surface area contributed by atoms with Gasteiger partial charge in [0, 0.05) is 0 Å². The van der Waals surface area contributed by atoms with Crippen LogP contribution in [0.4, 0.5) is 0 Å². The van der Waals surface area contributed by atoms with Crippen LogP contribution in [-0.4, -0.2) is 17.2 Å². The van der Waals surface area contributed by atoms with Crippen LogP contribution >= 0.6 is 24.2 Å². The fraction of sp³-hybridized carbons (Fsp3) is 0.750. The zero-order valence-corrected chi connectivity index (χ0v) is 6.17. The number of hydrogen-bond donors (Lipinski definition) is 2. The van der Waals surface area contributed by atoms with Crippen LogP contribution in [0.15, 0.2) is 0 Å². The molecule has 1 amide bonds. The number of halogens is 1. The van der Waals surface area contributed by atoms with Crippen molar-refractivity contribution in [1.82, 2.24) is 5.32 Å². The van der Waals surface area contributed by atoms with E-state index in [1.807, 2.05) is 0 Å². The Hall–Kier alpha value is 0.110. The minimum Gasteiger partial charge on any atom is -0.344 e. The summed E-state index contributed by atoms with van der Waals surface area (Å²) in [7, 11) is 0. The molecule has 0 saturated carbocycles. The lowest BCUT2D eigenvalue weighted by atomic mass is 10.6. The summed E-state index contributed by atoms with van der Waals surface area (Å²) >= 11 is 9.05. The quantitative estimate of drug-likeness (QED) is 0.340. The number of carbonyl (C=O) groups is 1. The van der Waals surface area contributed by atoms with Gasteiger partial charge < -0.3 is 5.32 Å². The first kappa shape index (κ1) is 8.11. The molecule has 0 aromatic carbocycles. The van der Waals surface area contributed by atoms with Crippen molar-refractivity contribution in [2.45, 2.75) is 12.3 Å². The highest BCUT2D eigenvalue weighted by molar-refractivity contribution is 7.80. The lowest BCUT2D eigenvalue weighted by Crippen LogP contribution is -2.29. The molecule has 0 aliphatic rings. The van der Waals surface area contributed by atoms with Crippen molar-refractivity contribution in [2.75, 3.05) is 5.88 Å². The molecule has 0 rings (SSSR count). The van der Waals surface area contributed by atoms with Crippen molar-refractivity contribution in [3.63, 3.8) is 0 Å². The highest BCUT2D eigenvalue weighted by Gasteiger charge is 1.98.